The summed E-state index contributed by atoms with van der Waals surface area (Å²) >= 11 is 0. The topological polar surface area (TPSA) is 58.3 Å². The van der Waals surface area contributed by atoms with E-state index in [1.165, 1.54) is 12.8 Å². The van der Waals surface area contributed by atoms with Crippen LogP contribution in [0, 0.1) is 5.92 Å². The molecule has 0 radical (unpaired) electrons. The van der Waals surface area contributed by atoms with E-state index < -0.39 is 6.10 Å². The average molecular weight is 188 g/mol. The average Bonchev–Trinajstić information content (AvgIpc) is 2.11. The molecule has 0 amide bonds. The zero-order chi connectivity index (χ0) is 10.3. The van der Waals surface area contributed by atoms with E-state index in [4.69, 9.17) is 10.8 Å². The van der Waals surface area contributed by atoms with Gasteiger partial charge < -0.3 is 10.8 Å². The van der Waals surface area contributed by atoms with Crippen molar-refractivity contribution in [1.29, 1.82) is 0 Å². The summed E-state index contributed by atoms with van der Waals surface area (Å²) in [7, 11) is 0. The van der Waals surface area contributed by atoms with Crippen LogP contribution in [0.5, 0.6) is 0 Å². The zero-order valence-electron chi connectivity index (χ0n) is 9.09. The Balaban J connectivity index is 3.25. The van der Waals surface area contributed by atoms with E-state index >= 15 is 0 Å². The van der Waals surface area contributed by atoms with Gasteiger partial charge in [0.2, 0.25) is 0 Å². The Bertz CT molecular complexity index is 117. The van der Waals surface area contributed by atoms with Crippen molar-refractivity contribution in [2.75, 3.05) is 6.54 Å². The van der Waals surface area contributed by atoms with E-state index in [9.17, 15) is 0 Å². The van der Waals surface area contributed by atoms with Crippen molar-refractivity contribution >= 4 is 0 Å². The normalized spacial score (nSPS) is 18.2. The highest BCUT2D eigenvalue weighted by atomic mass is 16.3. The summed E-state index contributed by atoms with van der Waals surface area (Å²) in [4.78, 5) is 0. The van der Waals surface area contributed by atoms with Gasteiger partial charge in [-0.2, -0.15) is 0 Å². The molecular weight excluding hydrogens is 164 g/mol. The Kier molecular flexibility index (Phi) is 7.23. The van der Waals surface area contributed by atoms with Crippen molar-refractivity contribution in [2.24, 2.45) is 11.7 Å². The molecular formula is C10H24N2O. The van der Waals surface area contributed by atoms with Crippen LogP contribution in [0.3, 0.4) is 0 Å². The van der Waals surface area contributed by atoms with Crippen LogP contribution in [0.15, 0.2) is 0 Å². The lowest BCUT2D eigenvalue weighted by atomic mass is 10.0. The molecule has 0 aromatic carbocycles. The lowest BCUT2D eigenvalue weighted by Gasteiger charge is -2.16. The van der Waals surface area contributed by atoms with Crippen molar-refractivity contribution in [3.63, 3.8) is 0 Å². The van der Waals surface area contributed by atoms with Crippen molar-refractivity contribution in [2.45, 2.75) is 52.3 Å². The standard InChI is InChI=1S/C10H24N2O/c1-4-8(2)6-5-7-12-10(11)9(3)13/h8-10,12-13H,4-7,11H2,1-3H3. The lowest BCUT2D eigenvalue weighted by Crippen LogP contribution is -2.46. The summed E-state index contributed by atoms with van der Waals surface area (Å²) < 4.78 is 0. The Morgan fingerprint density at radius 3 is 2.46 bits per heavy atom. The molecule has 0 aliphatic rings. The molecule has 0 aliphatic heterocycles. The third-order valence-corrected chi connectivity index (χ3v) is 2.47. The lowest BCUT2D eigenvalue weighted by molar-refractivity contribution is 0.147. The quantitative estimate of drug-likeness (QED) is 0.414. The van der Waals surface area contributed by atoms with Crippen LogP contribution >= 0.6 is 0 Å². The largest absolute Gasteiger partial charge is 0.390 e. The molecule has 0 spiro atoms. The van der Waals surface area contributed by atoms with Crippen LogP contribution in [-0.2, 0) is 0 Å². The Labute approximate surface area is 81.7 Å². The minimum absolute atomic E-state index is 0.281. The van der Waals surface area contributed by atoms with Crippen LogP contribution in [-0.4, -0.2) is 23.9 Å². The molecule has 80 valence electrons. The monoisotopic (exact) mass is 188 g/mol. The van der Waals surface area contributed by atoms with Gasteiger partial charge in [-0.05, 0) is 32.2 Å². The number of hydrogen-bond acceptors (Lipinski definition) is 3. The highest BCUT2D eigenvalue weighted by Crippen LogP contribution is 2.08. The second kappa shape index (κ2) is 7.30. The van der Waals surface area contributed by atoms with Crippen molar-refractivity contribution in [3.05, 3.63) is 0 Å². The molecule has 0 aliphatic carbocycles. The summed E-state index contributed by atoms with van der Waals surface area (Å²) in [6.45, 7) is 7.07. The smallest absolute Gasteiger partial charge is 0.0811 e. The Morgan fingerprint density at radius 1 is 1.38 bits per heavy atom. The summed E-state index contributed by atoms with van der Waals surface area (Å²) in [5, 5.41) is 12.2. The number of hydrogen-bond donors (Lipinski definition) is 3. The maximum Gasteiger partial charge on any atom is 0.0811 e. The summed E-state index contributed by atoms with van der Waals surface area (Å²) in [6, 6.07) is 0. The maximum atomic E-state index is 9.09. The molecule has 4 N–H and O–H groups in total. The van der Waals surface area contributed by atoms with E-state index in [1.54, 1.807) is 6.92 Å². The second-order valence-electron chi connectivity index (χ2n) is 3.88. The highest BCUT2D eigenvalue weighted by molar-refractivity contribution is 4.64. The first-order valence-corrected chi connectivity index (χ1v) is 5.25. The summed E-state index contributed by atoms with van der Waals surface area (Å²) in [5.74, 6) is 0.796. The van der Waals surface area contributed by atoms with Gasteiger partial charge in [-0.25, -0.2) is 0 Å². The minimum Gasteiger partial charge on any atom is -0.390 e. The fourth-order valence-corrected chi connectivity index (χ4v) is 1.09. The summed E-state index contributed by atoms with van der Waals surface area (Å²) in [6.07, 6.45) is 2.86. The van der Waals surface area contributed by atoms with Crippen molar-refractivity contribution < 1.29 is 5.11 Å². The van der Waals surface area contributed by atoms with E-state index in [2.05, 4.69) is 19.2 Å². The molecule has 3 nitrogen and oxygen atoms in total. The number of nitrogens with two attached hydrogens (primary N) is 1. The third kappa shape index (κ3) is 6.99. The van der Waals surface area contributed by atoms with E-state index in [1.807, 2.05) is 0 Å². The van der Waals surface area contributed by atoms with Crippen molar-refractivity contribution in [1.82, 2.24) is 5.32 Å². The SMILES string of the molecule is CCC(C)CCCNC(N)C(C)O. The van der Waals surface area contributed by atoms with E-state index in [-0.39, 0.29) is 6.17 Å². The second-order valence-corrected chi connectivity index (χ2v) is 3.88. The molecule has 3 unspecified atom stereocenters. The first-order chi connectivity index (χ1) is 6.07. The Hall–Kier alpha value is -0.120. The number of nitrogens with one attached hydrogen (secondary N) is 1. The van der Waals surface area contributed by atoms with Crippen LogP contribution in [0.25, 0.3) is 0 Å². The molecule has 0 rings (SSSR count). The number of aliphatic hydroxyl groups is 1. The van der Waals surface area contributed by atoms with Gasteiger partial charge in [-0.1, -0.05) is 20.3 Å². The van der Waals surface area contributed by atoms with Gasteiger partial charge in [0.25, 0.3) is 0 Å². The molecule has 0 bridgehead atoms. The molecule has 0 aromatic heterocycles. The zero-order valence-corrected chi connectivity index (χ0v) is 9.09. The molecule has 0 saturated carbocycles. The van der Waals surface area contributed by atoms with Gasteiger partial charge >= 0.3 is 0 Å². The van der Waals surface area contributed by atoms with E-state index in [0.717, 1.165) is 18.9 Å². The van der Waals surface area contributed by atoms with E-state index in [0.29, 0.717) is 0 Å². The number of aliphatic hydroxyl groups excluding tert-OH is 1. The molecule has 3 atom stereocenters. The molecule has 0 aromatic rings. The van der Waals surface area contributed by atoms with Crippen molar-refractivity contribution in [3.8, 4) is 0 Å². The maximum absolute atomic E-state index is 9.09. The van der Waals surface area contributed by atoms with Gasteiger partial charge in [-0.3, -0.25) is 5.32 Å². The Morgan fingerprint density at radius 2 is 2.00 bits per heavy atom. The fourth-order valence-electron chi connectivity index (χ4n) is 1.09. The van der Waals surface area contributed by atoms with Gasteiger partial charge in [0.15, 0.2) is 0 Å². The van der Waals surface area contributed by atoms with Crippen LogP contribution in [0.2, 0.25) is 0 Å². The molecule has 0 heterocycles. The fraction of sp³-hybridized carbons (Fsp3) is 1.00. The van der Waals surface area contributed by atoms with Gasteiger partial charge in [0.05, 0.1) is 12.3 Å². The first-order valence-electron chi connectivity index (χ1n) is 5.25. The minimum atomic E-state index is -0.469. The van der Waals surface area contributed by atoms with Crippen LogP contribution in [0.1, 0.15) is 40.0 Å². The third-order valence-electron chi connectivity index (χ3n) is 2.47. The van der Waals surface area contributed by atoms with Crippen LogP contribution < -0.4 is 11.1 Å². The number of rotatable bonds is 7. The predicted octanol–water partition coefficient (Wildman–Crippen LogP) is 1.07. The van der Waals surface area contributed by atoms with Gasteiger partial charge in [0.1, 0.15) is 0 Å². The highest BCUT2D eigenvalue weighted by Gasteiger charge is 2.07. The van der Waals surface area contributed by atoms with Gasteiger partial charge in [-0.15, -0.1) is 0 Å². The van der Waals surface area contributed by atoms with Crippen LogP contribution in [0.4, 0.5) is 0 Å². The molecule has 0 saturated heterocycles. The first kappa shape index (κ1) is 12.9. The van der Waals surface area contributed by atoms with Gasteiger partial charge in [0, 0.05) is 0 Å². The molecule has 3 heteroatoms. The summed E-state index contributed by atoms with van der Waals surface area (Å²) in [5.41, 5.74) is 5.60. The molecule has 0 fully saturated rings. The molecule has 13 heavy (non-hydrogen) atoms. The predicted molar refractivity (Wildman–Crippen MR) is 56.3 cm³/mol.